The van der Waals surface area contributed by atoms with E-state index >= 15 is 0 Å². The van der Waals surface area contributed by atoms with Crippen LogP contribution in [0, 0.1) is 0 Å². The first-order chi connectivity index (χ1) is 6.84. The second-order valence-electron chi connectivity index (χ2n) is 3.99. The Kier molecular flexibility index (Phi) is 5.65. The Morgan fingerprint density at radius 2 is 2.00 bits per heavy atom. The quantitative estimate of drug-likeness (QED) is 0.890. The van der Waals surface area contributed by atoms with E-state index in [0.29, 0.717) is 0 Å². The van der Waals surface area contributed by atoms with Gasteiger partial charge in [-0.2, -0.15) is 0 Å². The second-order valence-corrected chi connectivity index (χ2v) is 4.91. The maximum absolute atomic E-state index is 3.60. The summed E-state index contributed by atoms with van der Waals surface area (Å²) < 4.78 is 1.17. The van der Waals surface area contributed by atoms with Gasteiger partial charge in [0.05, 0.1) is 0 Å². The lowest BCUT2D eigenvalue weighted by molar-refractivity contribution is 0.524. The van der Waals surface area contributed by atoms with E-state index in [1.54, 1.807) is 0 Å². The minimum absolute atomic E-state index is 0. The van der Waals surface area contributed by atoms with Gasteiger partial charge in [0.2, 0.25) is 0 Å². The van der Waals surface area contributed by atoms with Gasteiger partial charge in [-0.1, -0.05) is 40.9 Å². The molecule has 0 unspecified atom stereocenters. The molecule has 1 saturated carbocycles. The SMILES string of the molecule is Brc1cccc(CNC2CCCC2)c1.Cl. The summed E-state index contributed by atoms with van der Waals surface area (Å²) in [7, 11) is 0. The average Bonchev–Trinajstić information content (AvgIpc) is 2.67. The van der Waals surface area contributed by atoms with Gasteiger partial charge >= 0.3 is 0 Å². The van der Waals surface area contributed by atoms with Crippen LogP contribution in [0.4, 0.5) is 0 Å². The van der Waals surface area contributed by atoms with Crippen molar-refractivity contribution < 1.29 is 0 Å². The molecule has 84 valence electrons. The summed E-state index contributed by atoms with van der Waals surface area (Å²) >= 11 is 3.49. The van der Waals surface area contributed by atoms with Gasteiger partial charge in [0, 0.05) is 17.1 Å². The van der Waals surface area contributed by atoms with E-state index in [1.165, 1.54) is 35.7 Å². The lowest BCUT2D eigenvalue weighted by Crippen LogP contribution is -2.25. The predicted molar refractivity (Wildman–Crippen MR) is 70.5 cm³/mol. The van der Waals surface area contributed by atoms with Crippen LogP contribution in [0.1, 0.15) is 31.2 Å². The smallest absolute Gasteiger partial charge is 0.0208 e. The summed E-state index contributed by atoms with van der Waals surface area (Å²) in [5, 5.41) is 3.60. The summed E-state index contributed by atoms with van der Waals surface area (Å²) in [5.74, 6) is 0. The Balaban J connectivity index is 0.00000112. The van der Waals surface area contributed by atoms with Crippen LogP contribution in [-0.4, -0.2) is 6.04 Å². The highest BCUT2D eigenvalue weighted by Crippen LogP contribution is 2.18. The Bertz CT molecular complexity index is 297. The van der Waals surface area contributed by atoms with Crippen molar-refractivity contribution in [2.45, 2.75) is 38.3 Å². The van der Waals surface area contributed by atoms with Crippen molar-refractivity contribution in [3.05, 3.63) is 34.3 Å². The first-order valence-corrected chi connectivity index (χ1v) is 6.12. The number of hydrogen-bond acceptors (Lipinski definition) is 1. The third kappa shape index (κ3) is 4.13. The fraction of sp³-hybridized carbons (Fsp3) is 0.500. The molecule has 1 aromatic rings. The summed E-state index contributed by atoms with van der Waals surface area (Å²) in [4.78, 5) is 0. The molecule has 0 heterocycles. The number of rotatable bonds is 3. The van der Waals surface area contributed by atoms with Crippen molar-refractivity contribution in [2.75, 3.05) is 0 Å². The lowest BCUT2D eigenvalue weighted by atomic mass is 10.2. The summed E-state index contributed by atoms with van der Waals surface area (Å²) in [6, 6.07) is 9.28. The van der Waals surface area contributed by atoms with E-state index in [0.717, 1.165) is 12.6 Å². The molecule has 3 heteroatoms. The van der Waals surface area contributed by atoms with Gasteiger partial charge in [-0.3, -0.25) is 0 Å². The van der Waals surface area contributed by atoms with E-state index in [-0.39, 0.29) is 12.4 Å². The first-order valence-electron chi connectivity index (χ1n) is 5.32. The molecule has 0 bridgehead atoms. The van der Waals surface area contributed by atoms with Crippen LogP contribution in [0.3, 0.4) is 0 Å². The zero-order chi connectivity index (χ0) is 9.80. The molecule has 15 heavy (non-hydrogen) atoms. The van der Waals surface area contributed by atoms with E-state index in [1.807, 2.05) is 0 Å². The number of benzene rings is 1. The molecule has 1 fully saturated rings. The van der Waals surface area contributed by atoms with Crippen LogP contribution in [0.15, 0.2) is 28.7 Å². The monoisotopic (exact) mass is 289 g/mol. The van der Waals surface area contributed by atoms with E-state index in [9.17, 15) is 0 Å². The van der Waals surface area contributed by atoms with E-state index in [4.69, 9.17) is 0 Å². The summed E-state index contributed by atoms with van der Waals surface area (Å²) in [6.07, 6.45) is 5.51. The molecular formula is C12H17BrClN. The Labute approximate surface area is 106 Å². The molecular weight excluding hydrogens is 273 g/mol. The van der Waals surface area contributed by atoms with Crippen LogP contribution in [0.5, 0.6) is 0 Å². The number of halogens is 2. The van der Waals surface area contributed by atoms with Crippen molar-refractivity contribution in [3.8, 4) is 0 Å². The van der Waals surface area contributed by atoms with Gasteiger partial charge < -0.3 is 5.32 Å². The van der Waals surface area contributed by atoms with Crippen molar-refractivity contribution in [1.29, 1.82) is 0 Å². The molecule has 1 aliphatic rings. The highest BCUT2D eigenvalue weighted by atomic mass is 79.9. The Morgan fingerprint density at radius 1 is 1.27 bits per heavy atom. The Morgan fingerprint density at radius 3 is 2.67 bits per heavy atom. The highest BCUT2D eigenvalue weighted by Gasteiger charge is 2.13. The van der Waals surface area contributed by atoms with Gasteiger partial charge in [-0.25, -0.2) is 0 Å². The molecule has 2 rings (SSSR count). The standard InChI is InChI=1S/C12H16BrN.ClH/c13-11-5-3-4-10(8-11)9-14-12-6-1-2-7-12;/h3-5,8,12,14H,1-2,6-7,9H2;1H. The van der Waals surface area contributed by atoms with Gasteiger partial charge in [-0.15, -0.1) is 12.4 Å². The highest BCUT2D eigenvalue weighted by molar-refractivity contribution is 9.10. The van der Waals surface area contributed by atoms with Gasteiger partial charge in [0.15, 0.2) is 0 Å². The van der Waals surface area contributed by atoms with Gasteiger partial charge in [0.1, 0.15) is 0 Å². The molecule has 0 saturated heterocycles. The topological polar surface area (TPSA) is 12.0 Å². The molecule has 0 atom stereocenters. The third-order valence-electron chi connectivity index (χ3n) is 2.84. The first kappa shape index (κ1) is 13.0. The summed E-state index contributed by atoms with van der Waals surface area (Å²) in [6.45, 7) is 1.00. The molecule has 1 aliphatic carbocycles. The average molecular weight is 291 g/mol. The fourth-order valence-corrected chi connectivity index (χ4v) is 2.49. The minimum atomic E-state index is 0. The molecule has 0 radical (unpaired) electrons. The van der Waals surface area contributed by atoms with Gasteiger partial charge in [-0.05, 0) is 30.5 Å². The van der Waals surface area contributed by atoms with Gasteiger partial charge in [0.25, 0.3) is 0 Å². The molecule has 1 nitrogen and oxygen atoms in total. The maximum atomic E-state index is 3.60. The largest absolute Gasteiger partial charge is 0.310 e. The van der Waals surface area contributed by atoms with Crippen LogP contribution >= 0.6 is 28.3 Å². The predicted octanol–water partition coefficient (Wildman–Crippen LogP) is 3.90. The zero-order valence-electron chi connectivity index (χ0n) is 8.71. The van der Waals surface area contributed by atoms with Crippen molar-refractivity contribution in [2.24, 2.45) is 0 Å². The van der Waals surface area contributed by atoms with Crippen molar-refractivity contribution >= 4 is 28.3 Å². The second kappa shape index (κ2) is 6.51. The van der Waals surface area contributed by atoms with Crippen LogP contribution in [-0.2, 0) is 6.54 Å². The van der Waals surface area contributed by atoms with Crippen LogP contribution in [0.25, 0.3) is 0 Å². The Hall–Kier alpha value is -0.0500. The third-order valence-corrected chi connectivity index (χ3v) is 3.33. The fourth-order valence-electron chi connectivity index (χ4n) is 2.04. The molecule has 0 amide bonds. The lowest BCUT2D eigenvalue weighted by Gasteiger charge is -2.11. The number of hydrogen-bond donors (Lipinski definition) is 1. The van der Waals surface area contributed by atoms with Crippen molar-refractivity contribution in [3.63, 3.8) is 0 Å². The van der Waals surface area contributed by atoms with E-state index < -0.39 is 0 Å². The van der Waals surface area contributed by atoms with Crippen LogP contribution in [0.2, 0.25) is 0 Å². The molecule has 0 spiro atoms. The van der Waals surface area contributed by atoms with Crippen molar-refractivity contribution in [1.82, 2.24) is 5.32 Å². The minimum Gasteiger partial charge on any atom is -0.310 e. The van der Waals surface area contributed by atoms with E-state index in [2.05, 4.69) is 45.5 Å². The summed E-state index contributed by atoms with van der Waals surface area (Å²) in [5.41, 5.74) is 1.37. The molecule has 0 aromatic heterocycles. The maximum Gasteiger partial charge on any atom is 0.0208 e. The molecule has 1 N–H and O–H groups in total. The van der Waals surface area contributed by atoms with Crippen LogP contribution < -0.4 is 5.32 Å². The number of nitrogens with one attached hydrogen (secondary N) is 1. The zero-order valence-corrected chi connectivity index (χ0v) is 11.1. The molecule has 0 aliphatic heterocycles. The molecule has 1 aromatic carbocycles. The normalized spacial score (nSPS) is 16.3.